The van der Waals surface area contributed by atoms with Crippen LogP contribution in [-0.4, -0.2) is 17.4 Å². The Morgan fingerprint density at radius 1 is 0.793 bits per heavy atom. The molecule has 0 N–H and O–H groups in total. The van der Waals surface area contributed by atoms with Crippen LogP contribution in [0.3, 0.4) is 0 Å². The molecule has 0 bridgehead atoms. The van der Waals surface area contributed by atoms with Gasteiger partial charge in [-0.1, -0.05) is 66.2 Å². The van der Waals surface area contributed by atoms with Crippen LogP contribution < -0.4 is 5.43 Å². The molecular weight excluding hydrogens is 408 g/mol. The molecule has 0 saturated heterocycles. The summed E-state index contributed by atoms with van der Waals surface area (Å²) in [5.41, 5.74) is 0.852. The summed E-state index contributed by atoms with van der Waals surface area (Å²) in [5.74, 6) is 0. The zero-order chi connectivity index (χ0) is 20.2. The quantitative estimate of drug-likeness (QED) is 0.310. The number of rotatable bonds is 2. The number of halogens is 1. The smallest absolute Gasteiger partial charge is 0.268 e. The number of fused-ring (bicyclic) bond motifs is 4. The summed E-state index contributed by atoms with van der Waals surface area (Å²) in [6, 6.07) is 21.9. The van der Waals surface area contributed by atoms with Crippen molar-refractivity contribution < 1.29 is 8.42 Å². The van der Waals surface area contributed by atoms with Crippen LogP contribution in [0.15, 0.2) is 88.6 Å². The number of para-hydroxylation sites is 2. The molecule has 29 heavy (non-hydrogen) atoms. The van der Waals surface area contributed by atoms with Gasteiger partial charge in [-0.3, -0.25) is 4.79 Å². The molecular formula is C22H13ClN2O3S. The molecule has 0 unspecified atom stereocenters. The molecule has 0 fully saturated rings. The van der Waals surface area contributed by atoms with Gasteiger partial charge in [-0.25, -0.2) is 17.4 Å². The summed E-state index contributed by atoms with van der Waals surface area (Å²) in [5, 5.41) is 0.785. The Morgan fingerprint density at radius 3 is 2.17 bits per heavy atom. The van der Waals surface area contributed by atoms with Crippen LogP contribution in [0.4, 0.5) is 0 Å². The SMILES string of the molecule is O=c1c(Cl)c2n(S(=O)(=O)c3ccccc3)c3ccccc3nc-2c2ccccc12. The highest BCUT2D eigenvalue weighted by Crippen LogP contribution is 2.37. The van der Waals surface area contributed by atoms with E-state index in [1.807, 2.05) is 0 Å². The highest BCUT2D eigenvalue weighted by atomic mass is 35.5. The van der Waals surface area contributed by atoms with Gasteiger partial charge >= 0.3 is 0 Å². The molecule has 3 aromatic rings. The van der Waals surface area contributed by atoms with Gasteiger partial charge in [-0.15, -0.1) is 0 Å². The number of hydrogen-bond donors (Lipinski definition) is 0. The van der Waals surface area contributed by atoms with E-state index in [1.165, 1.54) is 12.1 Å². The van der Waals surface area contributed by atoms with E-state index in [0.29, 0.717) is 27.5 Å². The van der Waals surface area contributed by atoms with Crippen molar-refractivity contribution in [2.75, 3.05) is 0 Å². The molecule has 3 aromatic carbocycles. The van der Waals surface area contributed by atoms with Crippen LogP contribution in [0.25, 0.3) is 33.2 Å². The van der Waals surface area contributed by atoms with Gasteiger partial charge in [0.1, 0.15) is 10.7 Å². The molecule has 1 aliphatic heterocycles. The van der Waals surface area contributed by atoms with E-state index in [9.17, 15) is 13.2 Å². The Morgan fingerprint density at radius 2 is 1.41 bits per heavy atom. The zero-order valence-corrected chi connectivity index (χ0v) is 16.5. The van der Waals surface area contributed by atoms with E-state index in [0.717, 1.165) is 3.97 Å². The van der Waals surface area contributed by atoms with E-state index in [4.69, 9.17) is 11.6 Å². The molecule has 5 nitrogen and oxygen atoms in total. The lowest BCUT2D eigenvalue weighted by Crippen LogP contribution is -2.21. The van der Waals surface area contributed by atoms with Gasteiger partial charge in [-0.2, -0.15) is 0 Å². The Labute approximate surface area is 171 Å². The molecule has 1 aliphatic carbocycles. The fourth-order valence-corrected chi connectivity index (χ4v) is 5.43. The second-order valence-electron chi connectivity index (χ2n) is 6.57. The number of hydrogen-bond acceptors (Lipinski definition) is 4. The van der Waals surface area contributed by atoms with Crippen LogP contribution in [0.5, 0.6) is 0 Å². The molecule has 0 saturated carbocycles. The number of nitrogens with zero attached hydrogens (tertiary/aromatic N) is 2. The van der Waals surface area contributed by atoms with E-state index >= 15 is 0 Å². The molecule has 0 aromatic heterocycles. The second-order valence-corrected chi connectivity index (χ2v) is 8.73. The maximum absolute atomic E-state index is 13.6. The predicted molar refractivity (Wildman–Crippen MR) is 114 cm³/mol. The maximum atomic E-state index is 13.6. The monoisotopic (exact) mass is 420 g/mol. The van der Waals surface area contributed by atoms with Crippen LogP contribution in [0.2, 0.25) is 5.02 Å². The minimum atomic E-state index is -4.05. The van der Waals surface area contributed by atoms with Crippen LogP contribution in [0.1, 0.15) is 0 Å². The Bertz CT molecular complexity index is 1540. The van der Waals surface area contributed by atoms with E-state index < -0.39 is 15.5 Å². The van der Waals surface area contributed by atoms with Crippen LogP contribution in [0, 0.1) is 0 Å². The first-order valence-corrected chi connectivity index (χ1v) is 10.6. The van der Waals surface area contributed by atoms with Gasteiger partial charge < -0.3 is 0 Å². The second kappa shape index (κ2) is 6.40. The van der Waals surface area contributed by atoms with Crippen molar-refractivity contribution in [3.63, 3.8) is 0 Å². The first-order chi connectivity index (χ1) is 14.0. The summed E-state index contributed by atoms with van der Waals surface area (Å²) in [4.78, 5) is 17.7. The van der Waals surface area contributed by atoms with Gasteiger partial charge in [0, 0.05) is 10.8 Å². The van der Waals surface area contributed by atoms with Crippen molar-refractivity contribution >= 4 is 43.4 Å². The minimum Gasteiger partial charge on any atom is -0.287 e. The summed E-state index contributed by atoms with van der Waals surface area (Å²) in [6.07, 6.45) is 0. The average Bonchev–Trinajstić information content (AvgIpc) is 2.76. The number of aromatic nitrogens is 2. The third kappa shape index (κ3) is 2.57. The normalized spacial score (nSPS) is 12.0. The topological polar surface area (TPSA) is 69.0 Å². The molecule has 0 spiro atoms. The highest BCUT2D eigenvalue weighted by molar-refractivity contribution is 7.90. The van der Waals surface area contributed by atoms with E-state index in [2.05, 4.69) is 4.98 Å². The molecule has 7 heteroatoms. The summed E-state index contributed by atoms with van der Waals surface area (Å²) in [6.45, 7) is 0. The lowest BCUT2D eigenvalue weighted by Gasteiger charge is -2.21. The largest absolute Gasteiger partial charge is 0.287 e. The van der Waals surface area contributed by atoms with Crippen LogP contribution >= 0.6 is 11.6 Å². The van der Waals surface area contributed by atoms with Crippen molar-refractivity contribution in [1.82, 2.24) is 8.96 Å². The van der Waals surface area contributed by atoms with Crippen molar-refractivity contribution in [1.29, 1.82) is 0 Å². The predicted octanol–water partition coefficient (Wildman–Crippen LogP) is 4.54. The lowest BCUT2D eigenvalue weighted by atomic mass is 10.0. The summed E-state index contributed by atoms with van der Waals surface area (Å²) >= 11 is 6.47. The molecule has 0 radical (unpaired) electrons. The van der Waals surface area contributed by atoms with Crippen LogP contribution in [-0.2, 0) is 10.0 Å². The van der Waals surface area contributed by atoms with Crippen molar-refractivity contribution in [3.05, 3.63) is 94.1 Å². The number of benzene rings is 4. The molecule has 0 amide bonds. The fourth-order valence-electron chi connectivity index (χ4n) is 3.56. The zero-order valence-electron chi connectivity index (χ0n) is 14.9. The maximum Gasteiger partial charge on any atom is 0.268 e. The highest BCUT2D eigenvalue weighted by Gasteiger charge is 2.29. The molecule has 1 heterocycles. The van der Waals surface area contributed by atoms with Crippen molar-refractivity contribution in [2.24, 2.45) is 0 Å². The molecule has 142 valence electrons. The first-order valence-electron chi connectivity index (χ1n) is 8.82. The summed E-state index contributed by atoms with van der Waals surface area (Å²) in [7, 11) is -4.05. The van der Waals surface area contributed by atoms with E-state index in [-0.39, 0.29) is 15.6 Å². The Kier molecular flexibility index (Phi) is 3.94. The third-order valence-electron chi connectivity index (χ3n) is 4.88. The first kappa shape index (κ1) is 17.8. The lowest BCUT2D eigenvalue weighted by molar-refractivity contribution is 0.589. The molecule has 5 rings (SSSR count). The van der Waals surface area contributed by atoms with Gasteiger partial charge in [0.2, 0.25) is 5.43 Å². The van der Waals surface area contributed by atoms with Gasteiger partial charge in [0.25, 0.3) is 10.0 Å². The van der Waals surface area contributed by atoms with Crippen molar-refractivity contribution in [3.8, 4) is 11.4 Å². The van der Waals surface area contributed by atoms with Gasteiger partial charge in [0.05, 0.1) is 21.6 Å². The van der Waals surface area contributed by atoms with E-state index in [1.54, 1.807) is 66.7 Å². The fraction of sp³-hybridized carbons (Fsp3) is 0. The van der Waals surface area contributed by atoms with Gasteiger partial charge in [0.15, 0.2) is 0 Å². The third-order valence-corrected chi connectivity index (χ3v) is 6.95. The van der Waals surface area contributed by atoms with Gasteiger partial charge in [-0.05, 0) is 24.3 Å². The van der Waals surface area contributed by atoms with Crippen molar-refractivity contribution in [2.45, 2.75) is 4.90 Å². The minimum absolute atomic E-state index is 0.0814. The Hall–Kier alpha value is -3.22. The molecule has 2 aliphatic rings. The standard InChI is InChI=1S/C22H13ClN2O3S/c23-19-21-20(15-10-4-5-11-16(15)22(19)26)24-17-12-6-7-13-18(17)25(21)29(27,28)14-8-2-1-3-9-14/h1-13H. The summed E-state index contributed by atoms with van der Waals surface area (Å²) < 4.78 is 28.4. The Balaban J connectivity index is 2.08. The average molecular weight is 421 g/mol. The molecule has 0 atom stereocenters.